The van der Waals surface area contributed by atoms with E-state index in [1.807, 2.05) is 72.8 Å². The molecule has 5 nitrogen and oxygen atoms in total. The number of aliphatic imine (C=N–C) groups is 1. The zero-order valence-electron chi connectivity index (χ0n) is 18.3. The average Bonchev–Trinajstić information content (AvgIpc) is 3.20. The van der Waals surface area contributed by atoms with Gasteiger partial charge in [-0.1, -0.05) is 55.3 Å². The lowest BCUT2D eigenvalue weighted by Crippen LogP contribution is -2.05. The Balaban J connectivity index is 1.40. The fourth-order valence-electron chi connectivity index (χ4n) is 3.16. The topological polar surface area (TPSA) is 57.1 Å². The van der Waals surface area contributed by atoms with Crippen LogP contribution in [0, 0.1) is 0 Å². The Kier molecular flexibility index (Phi) is 7.43. The third-order valence-corrected chi connectivity index (χ3v) is 5.39. The van der Waals surface area contributed by atoms with Crippen LogP contribution in [0.4, 0.5) is 0 Å². The smallest absolute Gasteiger partial charge is 0.363 e. The summed E-state index contributed by atoms with van der Waals surface area (Å²) in [5, 5.41) is 0.672. The molecule has 0 unspecified atom stereocenters. The van der Waals surface area contributed by atoms with Gasteiger partial charge in [-0.3, -0.25) is 0 Å². The third kappa shape index (κ3) is 6.02. The summed E-state index contributed by atoms with van der Waals surface area (Å²) in [7, 11) is 0. The molecule has 0 aromatic heterocycles. The van der Waals surface area contributed by atoms with E-state index in [0.29, 0.717) is 24.0 Å². The monoisotopic (exact) mass is 461 g/mol. The summed E-state index contributed by atoms with van der Waals surface area (Å²) in [6.07, 6.45) is 3.78. The average molecular weight is 462 g/mol. The maximum absolute atomic E-state index is 12.3. The molecule has 0 saturated heterocycles. The summed E-state index contributed by atoms with van der Waals surface area (Å²) in [5.74, 6) is 1.29. The van der Waals surface area contributed by atoms with Crippen LogP contribution in [0.1, 0.15) is 36.5 Å². The van der Waals surface area contributed by atoms with Crippen LogP contribution in [-0.2, 0) is 16.1 Å². The van der Waals surface area contributed by atoms with E-state index in [9.17, 15) is 4.79 Å². The zero-order chi connectivity index (χ0) is 23.0. The Morgan fingerprint density at radius 2 is 1.64 bits per heavy atom. The van der Waals surface area contributed by atoms with E-state index in [2.05, 4.69) is 11.9 Å². The molecule has 0 amide bonds. The Morgan fingerprint density at radius 1 is 0.939 bits per heavy atom. The Labute approximate surface area is 198 Å². The molecule has 0 spiro atoms. The van der Waals surface area contributed by atoms with E-state index in [1.165, 1.54) is 0 Å². The fourth-order valence-corrected chi connectivity index (χ4v) is 3.35. The lowest BCUT2D eigenvalue weighted by atomic mass is 10.2. The molecule has 0 radical (unpaired) electrons. The fraction of sp³-hybridized carbons (Fsp3) is 0.185. The van der Waals surface area contributed by atoms with Gasteiger partial charge >= 0.3 is 5.97 Å². The first kappa shape index (κ1) is 22.6. The first-order valence-electron chi connectivity index (χ1n) is 10.8. The number of hydrogen-bond acceptors (Lipinski definition) is 5. The van der Waals surface area contributed by atoms with Gasteiger partial charge in [0.2, 0.25) is 5.90 Å². The Morgan fingerprint density at radius 3 is 2.36 bits per heavy atom. The van der Waals surface area contributed by atoms with Gasteiger partial charge in [-0.25, -0.2) is 9.79 Å². The first-order valence-corrected chi connectivity index (χ1v) is 11.2. The second-order valence-electron chi connectivity index (χ2n) is 7.51. The zero-order valence-corrected chi connectivity index (χ0v) is 19.0. The predicted molar refractivity (Wildman–Crippen MR) is 130 cm³/mol. The number of cyclic esters (lactones) is 1. The number of carbonyl (C=O) groups is 1. The number of nitrogens with zero attached hydrogens (tertiary/aromatic N) is 1. The van der Waals surface area contributed by atoms with Crippen molar-refractivity contribution in [2.45, 2.75) is 26.4 Å². The molecule has 1 heterocycles. The van der Waals surface area contributed by atoms with Crippen LogP contribution in [0.2, 0.25) is 5.02 Å². The van der Waals surface area contributed by atoms with Crippen LogP contribution in [0.25, 0.3) is 6.08 Å². The molecule has 6 heteroatoms. The molecule has 33 heavy (non-hydrogen) atoms. The minimum atomic E-state index is -0.479. The number of esters is 1. The number of ether oxygens (including phenoxy) is 3. The van der Waals surface area contributed by atoms with Crippen LogP contribution in [0.5, 0.6) is 11.5 Å². The maximum atomic E-state index is 12.3. The highest BCUT2D eigenvalue weighted by molar-refractivity contribution is 6.31. The lowest BCUT2D eigenvalue weighted by Gasteiger charge is -2.07. The van der Waals surface area contributed by atoms with Gasteiger partial charge < -0.3 is 14.2 Å². The second-order valence-corrected chi connectivity index (χ2v) is 7.92. The second kappa shape index (κ2) is 10.8. The lowest BCUT2D eigenvalue weighted by molar-refractivity contribution is -0.129. The Bertz CT molecular complexity index is 1170. The molecule has 1 aliphatic heterocycles. The van der Waals surface area contributed by atoms with E-state index in [4.69, 9.17) is 25.8 Å². The summed E-state index contributed by atoms with van der Waals surface area (Å²) < 4.78 is 16.8. The summed E-state index contributed by atoms with van der Waals surface area (Å²) >= 11 is 6.16. The number of rotatable bonds is 9. The number of benzene rings is 3. The first-order chi connectivity index (χ1) is 16.1. The SMILES string of the molecule is CCCCOc1ccc(C2=N/C(=C\c3ccc(OCc4ccccc4Cl)cc3)C(=O)O2)cc1. The highest BCUT2D eigenvalue weighted by Gasteiger charge is 2.24. The molecule has 0 saturated carbocycles. The molecule has 0 bridgehead atoms. The van der Waals surface area contributed by atoms with Crippen molar-refractivity contribution in [1.82, 2.24) is 0 Å². The van der Waals surface area contributed by atoms with Crippen molar-refractivity contribution < 1.29 is 19.0 Å². The number of halogens is 1. The van der Waals surface area contributed by atoms with Crippen molar-refractivity contribution in [2.75, 3.05) is 6.61 Å². The van der Waals surface area contributed by atoms with Gasteiger partial charge in [0.05, 0.1) is 6.61 Å². The van der Waals surface area contributed by atoms with Gasteiger partial charge in [-0.2, -0.15) is 0 Å². The number of carbonyl (C=O) groups excluding carboxylic acids is 1. The highest BCUT2D eigenvalue weighted by atomic mass is 35.5. The minimum absolute atomic E-state index is 0.248. The van der Waals surface area contributed by atoms with Gasteiger partial charge in [0.1, 0.15) is 18.1 Å². The van der Waals surface area contributed by atoms with E-state index >= 15 is 0 Å². The van der Waals surface area contributed by atoms with Crippen LogP contribution in [0.15, 0.2) is 83.5 Å². The van der Waals surface area contributed by atoms with Crippen LogP contribution in [0.3, 0.4) is 0 Å². The third-order valence-electron chi connectivity index (χ3n) is 5.02. The molecule has 0 atom stereocenters. The van der Waals surface area contributed by atoms with Crippen molar-refractivity contribution >= 4 is 29.5 Å². The minimum Gasteiger partial charge on any atom is -0.494 e. The molecule has 3 aromatic rings. The van der Waals surface area contributed by atoms with E-state index in [-0.39, 0.29) is 11.6 Å². The van der Waals surface area contributed by atoms with E-state index < -0.39 is 5.97 Å². The van der Waals surface area contributed by atoms with Gasteiger partial charge in [0.15, 0.2) is 5.70 Å². The number of hydrogen-bond donors (Lipinski definition) is 0. The molecule has 0 fully saturated rings. The van der Waals surface area contributed by atoms with E-state index in [1.54, 1.807) is 6.08 Å². The maximum Gasteiger partial charge on any atom is 0.363 e. The van der Waals surface area contributed by atoms with Gasteiger partial charge in [-0.05, 0) is 60.5 Å². The standard InChI is InChI=1S/C27H24ClNO4/c1-2-3-16-31-22-14-10-20(11-15-22)26-29-25(27(30)33-26)17-19-8-12-23(13-9-19)32-18-21-6-4-5-7-24(21)28/h4-15,17H,2-3,16,18H2,1H3/b25-17-. The quantitative estimate of drug-likeness (QED) is 0.209. The van der Waals surface area contributed by atoms with Crippen molar-refractivity contribution in [3.63, 3.8) is 0 Å². The normalized spacial score (nSPS) is 14.2. The van der Waals surface area contributed by atoms with Gasteiger partial charge in [0.25, 0.3) is 0 Å². The summed E-state index contributed by atoms with van der Waals surface area (Å²) in [4.78, 5) is 16.7. The molecular formula is C27H24ClNO4. The molecule has 4 rings (SSSR count). The van der Waals surface area contributed by atoms with Crippen molar-refractivity contribution in [3.8, 4) is 11.5 Å². The van der Waals surface area contributed by atoms with Crippen LogP contribution in [-0.4, -0.2) is 18.5 Å². The van der Waals surface area contributed by atoms with Crippen LogP contribution >= 0.6 is 11.6 Å². The molecular weight excluding hydrogens is 438 g/mol. The molecule has 1 aliphatic rings. The molecule has 168 valence electrons. The van der Waals surface area contributed by atoms with Crippen molar-refractivity contribution in [1.29, 1.82) is 0 Å². The summed E-state index contributed by atoms with van der Waals surface area (Å²) in [5.41, 5.74) is 2.70. The molecule has 0 aliphatic carbocycles. The van der Waals surface area contributed by atoms with E-state index in [0.717, 1.165) is 35.3 Å². The van der Waals surface area contributed by atoms with Crippen LogP contribution < -0.4 is 9.47 Å². The van der Waals surface area contributed by atoms with Gasteiger partial charge in [-0.15, -0.1) is 0 Å². The van der Waals surface area contributed by atoms with Gasteiger partial charge in [0, 0.05) is 16.1 Å². The molecule has 0 N–H and O–H groups in total. The van der Waals surface area contributed by atoms with Crippen molar-refractivity contribution in [2.24, 2.45) is 4.99 Å². The summed E-state index contributed by atoms with van der Waals surface area (Å²) in [6, 6.07) is 22.3. The largest absolute Gasteiger partial charge is 0.494 e. The van der Waals surface area contributed by atoms with Crippen molar-refractivity contribution in [3.05, 3.63) is 100 Å². The number of unbranched alkanes of at least 4 members (excludes halogenated alkanes) is 1. The Hall–Kier alpha value is -3.57. The highest BCUT2D eigenvalue weighted by Crippen LogP contribution is 2.23. The molecule has 3 aromatic carbocycles. The predicted octanol–water partition coefficient (Wildman–Crippen LogP) is 6.44. The summed E-state index contributed by atoms with van der Waals surface area (Å²) in [6.45, 7) is 3.18.